The minimum atomic E-state index is -0.247. The first-order valence-corrected chi connectivity index (χ1v) is 7.42. The second-order valence-electron chi connectivity index (χ2n) is 5.27. The number of anilines is 3. The lowest BCUT2D eigenvalue weighted by atomic mass is 10.2. The predicted octanol–water partition coefficient (Wildman–Crippen LogP) is 3.47. The van der Waals surface area contributed by atoms with Crippen LogP contribution in [0.3, 0.4) is 0 Å². The number of aromatic nitrogens is 2. The Kier molecular flexibility index (Phi) is 4.11. The fraction of sp³-hybridized carbons (Fsp3) is 0.267. The molecular formula is C15H16ClN5O. The van der Waals surface area contributed by atoms with Crippen LogP contribution in [0, 0.1) is 6.92 Å². The van der Waals surface area contributed by atoms with Crippen LogP contribution in [0.15, 0.2) is 30.3 Å². The lowest BCUT2D eigenvalue weighted by molar-refractivity contribution is 0.251. The highest BCUT2D eigenvalue weighted by atomic mass is 35.5. The van der Waals surface area contributed by atoms with E-state index in [1.165, 1.54) is 0 Å². The smallest absolute Gasteiger partial charge is 0.320 e. The number of carbonyl (C=O) groups excluding carboxylic acids is 1. The van der Waals surface area contributed by atoms with Gasteiger partial charge in [-0.1, -0.05) is 17.7 Å². The molecule has 2 amide bonds. The van der Waals surface area contributed by atoms with E-state index in [0.717, 1.165) is 24.1 Å². The molecule has 6 nitrogen and oxygen atoms in total. The summed E-state index contributed by atoms with van der Waals surface area (Å²) in [5.41, 5.74) is 1.84. The summed E-state index contributed by atoms with van der Waals surface area (Å²) in [5.74, 6) is 0.985. The molecule has 1 fully saturated rings. The Bertz CT molecular complexity index is 685. The standard InChI is InChI=1S/C15H16ClN5O/c1-9-2-3-11(8-12(9)16)17-13-6-7-14(21-20-13)19-15(22)18-10-4-5-10/h2-3,6-8,10H,4-5H2,1H3,(H,17,20)(H2,18,19,21,22). The fourth-order valence-corrected chi connectivity index (χ4v) is 2.03. The van der Waals surface area contributed by atoms with Crippen LogP contribution >= 0.6 is 11.6 Å². The molecular weight excluding hydrogens is 302 g/mol. The Morgan fingerprint density at radius 3 is 2.55 bits per heavy atom. The Morgan fingerprint density at radius 1 is 1.18 bits per heavy atom. The summed E-state index contributed by atoms with van der Waals surface area (Å²) in [6, 6.07) is 9.16. The zero-order chi connectivity index (χ0) is 15.5. The maximum Gasteiger partial charge on any atom is 0.320 e. The molecule has 3 rings (SSSR count). The van der Waals surface area contributed by atoms with E-state index in [4.69, 9.17) is 11.6 Å². The molecule has 1 aromatic carbocycles. The average molecular weight is 318 g/mol. The van der Waals surface area contributed by atoms with E-state index < -0.39 is 0 Å². The van der Waals surface area contributed by atoms with Crippen molar-refractivity contribution in [3.8, 4) is 0 Å². The van der Waals surface area contributed by atoms with E-state index in [0.29, 0.717) is 22.7 Å². The lowest BCUT2D eigenvalue weighted by Crippen LogP contribution is -2.30. The number of rotatable bonds is 4. The molecule has 1 aliphatic rings. The molecule has 22 heavy (non-hydrogen) atoms. The number of urea groups is 1. The van der Waals surface area contributed by atoms with Gasteiger partial charge in [-0.3, -0.25) is 5.32 Å². The van der Waals surface area contributed by atoms with Crippen LogP contribution in [0.1, 0.15) is 18.4 Å². The molecule has 1 heterocycles. The van der Waals surface area contributed by atoms with E-state index >= 15 is 0 Å². The van der Waals surface area contributed by atoms with E-state index in [9.17, 15) is 4.79 Å². The van der Waals surface area contributed by atoms with E-state index in [1.807, 2.05) is 25.1 Å². The van der Waals surface area contributed by atoms with Crippen molar-refractivity contribution in [2.24, 2.45) is 0 Å². The van der Waals surface area contributed by atoms with Gasteiger partial charge < -0.3 is 10.6 Å². The maximum absolute atomic E-state index is 11.6. The summed E-state index contributed by atoms with van der Waals surface area (Å²) in [7, 11) is 0. The molecule has 0 unspecified atom stereocenters. The molecule has 0 bridgehead atoms. The number of carbonyl (C=O) groups is 1. The van der Waals surface area contributed by atoms with Crippen molar-refractivity contribution in [1.29, 1.82) is 0 Å². The molecule has 0 saturated heterocycles. The lowest BCUT2D eigenvalue weighted by Gasteiger charge is -2.08. The topological polar surface area (TPSA) is 78.9 Å². The molecule has 0 atom stereocenters. The second-order valence-corrected chi connectivity index (χ2v) is 5.67. The largest absolute Gasteiger partial charge is 0.339 e. The third kappa shape index (κ3) is 3.85. The number of hydrogen-bond donors (Lipinski definition) is 3. The zero-order valence-corrected chi connectivity index (χ0v) is 12.8. The first-order valence-electron chi connectivity index (χ1n) is 7.04. The van der Waals surface area contributed by atoms with Gasteiger partial charge in [0.25, 0.3) is 0 Å². The summed E-state index contributed by atoms with van der Waals surface area (Å²) >= 11 is 6.08. The van der Waals surface area contributed by atoms with Crippen LogP contribution < -0.4 is 16.0 Å². The second kappa shape index (κ2) is 6.19. The van der Waals surface area contributed by atoms with Gasteiger partial charge in [0.1, 0.15) is 0 Å². The van der Waals surface area contributed by atoms with E-state index in [1.54, 1.807) is 12.1 Å². The molecule has 7 heteroatoms. The Labute approximate surface area is 133 Å². The zero-order valence-electron chi connectivity index (χ0n) is 12.1. The number of amides is 2. The van der Waals surface area contributed by atoms with Gasteiger partial charge in [0.05, 0.1) is 0 Å². The van der Waals surface area contributed by atoms with Gasteiger partial charge >= 0.3 is 6.03 Å². The molecule has 1 aromatic heterocycles. The third-order valence-corrected chi connectivity index (χ3v) is 3.67. The number of halogens is 1. The van der Waals surface area contributed by atoms with Crippen molar-refractivity contribution < 1.29 is 4.79 Å². The van der Waals surface area contributed by atoms with Crippen molar-refractivity contribution in [2.75, 3.05) is 10.6 Å². The molecule has 1 aliphatic carbocycles. The molecule has 0 spiro atoms. The molecule has 114 valence electrons. The number of nitrogens with zero attached hydrogens (tertiary/aromatic N) is 2. The van der Waals surface area contributed by atoms with Crippen molar-refractivity contribution in [2.45, 2.75) is 25.8 Å². The highest BCUT2D eigenvalue weighted by Gasteiger charge is 2.23. The minimum absolute atomic E-state index is 0.247. The van der Waals surface area contributed by atoms with Gasteiger partial charge in [-0.15, -0.1) is 10.2 Å². The SMILES string of the molecule is Cc1ccc(Nc2ccc(NC(=O)NC3CC3)nn2)cc1Cl. The number of benzene rings is 1. The van der Waals surface area contributed by atoms with Gasteiger partial charge in [-0.05, 0) is 49.6 Å². The van der Waals surface area contributed by atoms with Crippen molar-refractivity contribution in [3.63, 3.8) is 0 Å². The maximum atomic E-state index is 11.6. The van der Waals surface area contributed by atoms with Crippen molar-refractivity contribution in [1.82, 2.24) is 15.5 Å². The quantitative estimate of drug-likeness (QED) is 0.806. The first-order chi connectivity index (χ1) is 10.6. The third-order valence-electron chi connectivity index (χ3n) is 3.26. The number of aryl methyl sites for hydroxylation is 1. The Hall–Kier alpha value is -2.34. The van der Waals surface area contributed by atoms with Crippen LogP contribution in [0.4, 0.5) is 22.1 Å². The van der Waals surface area contributed by atoms with Gasteiger partial charge in [0, 0.05) is 16.8 Å². The predicted molar refractivity (Wildman–Crippen MR) is 86.7 cm³/mol. The van der Waals surface area contributed by atoms with Crippen molar-refractivity contribution in [3.05, 3.63) is 40.9 Å². The monoisotopic (exact) mass is 317 g/mol. The number of hydrogen-bond acceptors (Lipinski definition) is 4. The highest BCUT2D eigenvalue weighted by Crippen LogP contribution is 2.22. The molecule has 1 saturated carbocycles. The average Bonchev–Trinajstić information content (AvgIpc) is 3.29. The molecule has 3 N–H and O–H groups in total. The summed E-state index contributed by atoms with van der Waals surface area (Å²) in [6.07, 6.45) is 2.09. The van der Waals surface area contributed by atoms with Crippen LogP contribution in [-0.4, -0.2) is 22.3 Å². The Balaban J connectivity index is 1.60. The molecule has 0 aliphatic heterocycles. The van der Waals surface area contributed by atoms with Gasteiger partial charge in [-0.2, -0.15) is 0 Å². The summed E-state index contributed by atoms with van der Waals surface area (Å²) in [5, 5.41) is 17.3. The number of nitrogens with one attached hydrogen (secondary N) is 3. The van der Waals surface area contributed by atoms with Crippen LogP contribution in [0.2, 0.25) is 5.02 Å². The molecule has 0 radical (unpaired) electrons. The van der Waals surface area contributed by atoms with Gasteiger partial charge in [0.15, 0.2) is 11.6 Å². The highest BCUT2D eigenvalue weighted by molar-refractivity contribution is 6.31. The van der Waals surface area contributed by atoms with Crippen LogP contribution in [0.5, 0.6) is 0 Å². The van der Waals surface area contributed by atoms with Crippen LogP contribution in [0.25, 0.3) is 0 Å². The normalized spacial score (nSPS) is 13.5. The van der Waals surface area contributed by atoms with E-state index in [-0.39, 0.29) is 6.03 Å². The molecule has 2 aromatic rings. The first kappa shape index (κ1) is 14.6. The Morgan fingerprint density at radius 2 is 1.91 bits per heavy atom. The van der Waals surface area contributed by atoms with Gasteiger partial charge in [0.2, 0.25) is 0 Å². The summed E-state index contributed by atoms with van der Waals surface area (Å²) < 4.78 is 0. The van der Waals surface area contributed by atoms with E-state index in [2.05, 4.69) is 26.1 Å². The van der Waals surface area contributed by atoms with Gasteiger partial charge in [-0.25, -0.2) is 4.79 Å². The fourth-order valence-electron chi connectivity index (χ4n) is 1.85. The van der Waals surface area contributed by atoms with Crippen LogP contribution in [-0.2, 0) is 0 Å². The summed E-state index contributed by atoms with van der Waals surface area (Å²) in [6.45, 7) is 1.94. The minimum Gasteiger partial charge on any atom is -0.339 e. The van der Waals surface area contributed by atoms with Crippen molar-refractivity contribution >= 4 is 35.0 Å². The summed E-state index contributed by atoms with van der Waals surface area (Å²) in [4.78, 5) is 11.6.